The van der Waals surface area contributed by atoms with Crippen molar-refractivity contribution in [2.24, 2.45) is 7.05 Å². The molecule has 2 aromatic rings. The van der Waals surface area contributed by atoms with Crippen LogP contribution in [-0.4, -0.2) is 158 Å². The molecule has 7 amide bonds. The number of aromatic nitrogens is 3. The number of ketones is 3. The number of rotatable bonds is 20. The summed E-state index contributed by atoms with van der Waals surface area (Å²) in [5.41, 5.74) is 2.47. The number of hydrogen-bond donors (Lipinski definition) is 0. The molecular formula is C51H79N7O13. The highest BCUT2D eigenvalue weighted by Crippen LogP contribution is 2.29. The summed E-state index contributed by atoms with van der Waals surface area (Å²) in [6, 6.07) is 3.65. The van der Waals surface area contributed by atoms with Gasteiger partial charge < -0.3 is 19.1 Å². The Morgan fingerprint density at radius 3 is 1.72 bits per heavy atom. The third kappa shape index (κ3) is 19.3. The van der Waals surface area contributed by atoms with Crippen LogP contribution in [0.5, 0.6) is 5.75 Å². The second-order valence-corrected chi connectivity index (χ2v) is 16.5. The van der Waals surface area contributed by atoms with Crippen molar-refractivity contribution in [2.75, 3.05) is 40.1 Å². The van der Waals surface area contributed by atoms with Crippen LogP contribution in [0.25, 0.3) is 0 Å². The Hall–Kier alpha value is -6.02. The first-order chi connectivity index (χ1) is 33.9. The van der Waals surface area contributed by atoms with Crippen molar-refractivity contribution in [3.8, 4) is 5.75 Å². The molecule has 396 valence electrons. The number of amides is 7. The molecule has 5 heterocycles. The summed E-state index contributed by atoms with van der Waals surface area (Å²) in [4.78, 5) is 123. The zero-order valence-corrected chi connectivity index (χ0v) is 44.4. The molecule has 20 nitrogen and oxygen atoms in total. The molecule has 0 saturated carbocycles. The molecule has 20 heteroatoms. The van der Waals surface area contributed by atoms with Gasteiger partial charge in [-0.3, -0.25) is 67.3 Å². The number of carbonyl (C=O) groups excluding carboxylic acids is 10. The van der Waals surface area contributed by atoms with Crippen LogP contribution in [0.4, 0.5) is 0 Å². The predicted octanol–water partition coefficient (Wildman–Crippen LogP) is 4.72. The lowest BCUT2D eigenvalue weighted by Gasteiger charge is -2.24. The van der Waals surface area contributed by atoms with Gasteiger partial charge in [-0.1, -0.05) is 65.8 Å². The number of likely N-dealkylation sites (tertiary alicyclic amines) is 4. The first-order valence-corrected chi connectivity index (χ1v) is 24.8. The summed E-state index contributed by atoms with van der Waals surface area (Å²) >= 11 is 0. The van der Waals surface area contributed by atoms with Crippen LogP contribution in [0, 0.1) is 6.92 Å². The highest BCUT2D eigenvalue weighted by molar-refractivity contribution is 6.07. The molecule has 4 fully saturated rings. The molecule has 0 spiro atoms. The Bertz CT molecular complexity index is 2070. The summed E-state index contributed by atoms with van der Waals surface area (Å²) in [5.74, 6) is -1.38. The number of ether oxygens (including phenoxy) is 3. The van der Waals surface area contributed by atoms with Crippen molar-refractivity contribution < 1.29 is 62.2 Å². The highest BCUT2D eigenvalue weighted by Gasteiger charge is 2.47. The Morgan fingerprint density at radius 2 is 1.25 bits per heavy atom. The molecule has 6 rings (SSSR count). The van der Waals surface area contributed by atoms with Gasteiger partial charge in [-0.05, 0) is 57.7 Å². The first kappa shape index (κ1) is 63.0. The van der Waals surface area contributed by atoms with Gasteiger partial charge in [0.1, 0.15) is 36.0 Å². The molecular weight excluding hydrogens is 919 g/mol. The van der Waals surface area contributed by atoms with E-state index < -0.39 is 18.1 Å². The van der Waals surface area contributed by atoms with Gasteiger partial charge in [0, 0.05) is 84.2 Å². The third-order valence-corrected chi connectivity index (χ3v) is 11.3. The Kier molecular flexibility index (Phi) is 29.1. The fourth-order valence-corrected chi connectivity index (χ4v) is 8.20. The van der Waals surface area contributed by atoms with Gasteiger partial charge in [-0.25, -0.2) is 0 Å². The van der Waals surface area contributed by atoms with E-state index in [4.69, 9.17) is 14.2 Å². The largest absolute Gasteiger partial charge is 0.491 e. The van der Waals surface area contributed by atoms with E-state index in [9.17, 15) is 47.9 Å². The van der Waals surface area contributed by atoms with E-state index in [0.717, 1.165) is 26.7 Å². The SMILES string of the molecule is CC.CC.CC.CC(=O)CC(Cc1cn(C)nn1)N1C(=O)CCC1=O.CCC1CC(N2C(=O)CCC2=O)C(=O)N1CC(C)=O.COCCOCCOc1ccc(CC(C(C)=O)N2C(=O)CCC2=O)cc1C. The maximum atomic E-state index is 12.3. The number of nitrogens with zero attached hydrogens (tertiary/aromatic N) is 7. The van der Waals surface area contributed by atoms with E-state index in [1.54, 1.807) is 25.0 Å². The summed E-state index contributed by atoms with van der Waals surface area (Å²) in [5, 5.41) is 7.74. The second kappa shape index (κ2) is 32.8. The van der Waals surface area contributed by atoms with Crippen molar-refractivity contribution in [1.82, 2.24) is 34.6 Å². The molecule has 71 heavy (non-hydrogen) atoms. The minimum Gasteiger partial charge on any atom is -0.491 e. The molecule has 0 bridgehead atoms. The molecule has 4 aliphatic heterocycles. The Morgan fingerprint density at radius 1 is 0.718 bits per heavy atom. The fourth-order valence-electron chi connectivity index (χ4n) is 8.20. The maximum Gasteiger partial charge on any atom is 0.246 e. The van der Waals surface area contributed by atoms with Gasteiger partial charge in [0.15, 0.2) is 5.78 Å². The summed E-state index contributed by atoms with van der Waals surface area (Å²) < 4.78 is 17.5. The van der Waals surface area contributed by atoms with Crippen LogP contribution in [0.3, 0.4) is 0 Å². The molecule has 0 aliphatic carbocycles. The van der Waals surface area contributed by atoms with Gasteiger partial charge in [-0.2, -0.15) is 0 Å². The van der Waals surface area contributed by atoms with E-state index in [-0.39, 0.29) is 116 Å². The van der Waals surface area contributed by atoms with Crippen LogP contribution < -0.4 is 4.74 Å². The van der Waals surface area contributed by atoms with Crippen molar-refractivity contribution in [1.29, 1.82) is 0 Å². The number of benzene rings is 1. The van der Waals surface area contributed by atoms with Crippen LogP contribution in [0.15, 0.2) is 24.4 Å². The summed E-state index contributed by atoms with van der Waals surface area (Å²) in [6.07, 6.45) is 4.92. The lowest BCUT2D eigenvalue weighted by Crippen LogP contribution is -2.45. The highest BCUT2D eigenvalue weighted by atomic mass is 16.5. The van der Waals surface area contributed by atoms with E-state index in [2.05, 4.69) is 10.3 Å². The second-order valence-electron chi connectivity index (χ2n) is 16.5. The first-order valence-electron chi connectivity index (χ1n) is 24.8. The van der Waals surface area contributed by atoms with Gasteiger partial charge in [-0.15, -0.1) is 5.10 Å². The molecule has 1 aromatic carbocycles. The fraction of sp³-hybridized carbons (Fsp3) is 0.647. The van der Waals surface area contributed by atoms with Crippen LogP contribution in [0.2, 0.25) is 0 Å². The van der Waals surface area contributed by atoms with E-state index in [1.165, 1.54) is 30.6 Å². The molecule has 4 unspecified atom stereocenters. The van der Waals surface area contributed by atoms with Gasteiger partial charge in [0.25, 0.3) is 0 Å². The number of Topliss-reactive ketones (excluding diaryl/α,β-unsaturated/α-hetero) is 3. The quantitative estimate of drug-likeness (QED) is 0.129. The van der Waals surface area contributed by atoms with Crippen LogP contribution in [0.1, 0.15) is 144 Å². The predicted molar refractivity (Wildman–Crippen MR) is 264 cm³/mol. The minimum absolute atomic E-state index is 0.0543. The average Bonchev–Trinajstić information content (AvgIpc) is 4.15. The number of hydrogen-bond acceptors (Lipinski definition) is 15. The standard InChI is InChI=1S/C20H27NO6.C13H18N2O4.C12H16N4O3.3C2H6/c1-14-12-16(4-5-18(14)27-11-10-26-9-8-25-3)13-17(15(2)22)21-19(23)6-7-20(21)24;1-3-9-6-10(13(19)14(9)7-8(2)16)15-11(17)4-5-12(15)18;1-8(17)5-10(6-9-7-15(2)14-13-9)16-11(18)3-4-12(16)19;3*1-2/h4-5,12,17H,6-11,13H2,1-3H3;9-10H,3-7H2,1-2H3;7,10H,3-6H2,1-2H3;3*1-2H3. The zero-order chi connectivity index (χ0) is 54.0. The number of methoxy groups -OCH3 is 1. The molecule has 4 saturated heterocycles. The molecule has 0 N–H and O–H groups in total. The number of aryl methyl sites for hydroxylation is 2. The zero-order valence-electron chi connectivity index (χ0n) is 44.4. The topological polar surface area (TPSA) is 242 Å². The van der Waals surface area contributed by atoms with Gasteiger partial charge >= 0.3 is 0 Å². The van der Waals surface area contributed by atoms with Gasteiger partial charge in [0.05, 0.1) is 38.1 Å². The van der Waals surface area contributed by atoms with E-state index >= 15 is 0 Å². The summed E-state index contributed by atoms with van der Waals surface area (Å²) in [7, 11) is 3.36. The summed E-state index contributed by atoms with van der Waals surface area (Å²) in [6.45, 7) is 22.2. The van der Waals surface area contributed by atoms with Crippen molar-refractivity contribution >= 4 is 58.7 Å². The molecule has 1 aromatic heterocycles. The van der Waals surface area contributed by atoms with E-state index in [0.29, 0.717) is 57.8 Å². The van der Waals surface area contributed by atoms with Crippen molar-refractivity contribution in [2.45, 2.75) is 171 Å². The third-order valence-electron chi connectivity index (χ3n) is 11.3. The molecule has 0 radical (unpaired) electrons. The van der Waals surface area contributed by atoms with Crippen molar-refractivity contribution in [3.05, 3.63) is 41.2 Å². The van der Waals surface area contributed by atoms with Crippen molar-refractivity contribution in [3.63, 3.8) is 0 Å². The van der Waals surface area contributed by atoms with Crippen LogP contribution in [-0.2, 0) is 77.3 Å². The average molecular weight is 998 g/mol. The number of imide groups is 3. The Labute approximate surface area is 419 Å². The smallest absolute Gasteiger partial charge is 0.246 e. The van der Waals surface area contributed by atoms with Crippen LogP contribution >= 0.6 is 0 Å². The van der Waals surface area contributed by atoms with Gasteiger partial charge in [0.2, 0.25) is 41.4 Å². The molecule has 4 atom stereocenters. The maximum absolute atomic E-state index is 12.3. The van der Waals surface area contributed by atoms with E-state index in [1.807, 2.05) is 73.6 Å². The molecule has 4 aliphatic rings. The normalized spacial score (nSPS) is 18.0. The lowest BCUT2D eigenvalue weighted by atomic mass is 10.00. The lowest BCUT2D eigenvalue weighted by molar-refractivity contribution is -0.148. The minimum atomic E-state index is -0.743. The number of carbonyl (C=O) groups is 10. The monoisotopic (exact) mass is 998 g/mol. The Balaban J connectivity index is 0.000000514.